The monoisotopic (exact) mass is 378 g/mol. The van der Waals surface area contributed by atoms with Crippen molar-refractivity contribution in [1.29, 1.82) is 0 Å². The van der Waals surface area contributed by atoms with Gasteiger partial charge in [-0.15, -0.1) is 0 Å². The predicted octanol–water partition coefficient (Wildman–Crippen LogP) is 3.70. The van der Waals surface area contributed by atoms with Gasteiger partial charge in [-0.1, -0.05) is 29.4 Å². The van der Waals surface area contributed by atoms with Gasteiger partial charge in [0, 0.05) is 37.2 Å². The SMILES string of the molecule is COC(=O)c1ccc(CN2CCc3onc(-c4cccc(OC)c4)c3C2)cc1. The molecule has 0 atom stereocenters. The van der Waals surface area contributed by atoms with Crippen LogP contribution in [0.2, 0.25) is 0 Å². The molecule has 0 saturated heterocycles. The lowest BCUT2D eigenvalue weighted by molar-refractivity contribution is 0.0600. The summed E-state index contributed by atoms with van der Waals surface area (Å²) in [5.41, 5.74) is 4.71. The Labute approximate surface area is 163 Å². The molecule has 0 bridgehead atoms. The lowest BCUT2D eigenvalue weighted by Crippen LogP contribution is -2.29. The molecule has 0 amide bonds. The van der Waals surface area contributed by atoms with Crippen molar-refractivity contribution in [3.05, 3.63) is 71.0 Å². The second-order valence-electron chi connectivity index (χ2n) is 6.81. The summed E-state index contributed by atoms with van der Waals surface area (Å²) in [6.45, 7) is 2.46. The number of methoxy groups -OCH3 is 2. The van der Waals surface area contributed by atoms with Gasteiger partial charge in [0.1, 0.15) is 17.2 Å². The Morgan fingerprint density at radius 2 is 2.00 bits per heavy atom. The number of fused-ring (bicyclic) bond motifs is 1. The molecule has 0 aliphatic carbocycles. The van der Waals surface area contributed by atoms with Crippen LogP contribution >= 0.6 is 0 Å². The smallest absolute Gasteiger partial charge is 0.337 e. The molecule has 0 spiro atoms. The van der Waals surface area contributed by atoms with Gasteiger partial charge in [-0.3, -0.25) is 4.90 Å². The van der Waals surface area contributed by atoms with Crippen LogP contribution in [0.1, 0.15) is 27.2 Å². The van der Waals surface area contributed by atoms with Crippen LogP contribution < -0.4 is 4.74 Å². The standard InChI is InChI=1S/C22H22N2O4/c1-26-18-5-3-4-17(12-18)21-19-14-24(11-10-20(19)28-23-21)13-15-6-8-16(9-7-15)22(25)27-2/h3-9,12H,10-11,13-14H2,1-2H3. The first kappa shape index (κ1) is 18.3. The maximum absolute atomic E-state index is 11.6. The molecule has 1 aliphatic rings. The van der Waals surface area contributed by atoms with Gasteiger partial charge in [-0.25, -0.2) is 4.79 Å². The highest BCUT2D eigenvalue weighted by Gasteiger charge is 2.25. The van der Waals surface area contributed by atoms with E-state index < -0.39 is 0 Å². The van der Waals surface area contributed by atoms with Crippen LogP contribution in [0.25, 0.3) is 11.3 Å². The van der Waals surface area contributed by atoms with Crippen molar-refractivity contribution in [1.82, 2.24) is 10.1 Å². The average Bonchev–Trinajstić information content (AvgIpc) is 3.17. The fourth-order valence-corrected chi connectivity index (χ4v) is 3.52. The third-order valence-electron chi connectivity index (χ3n) is 5.03. The van der Waals surface area contributed by atoms with E-state index in [9.17, 15) is 4.79 Å². The number of nitrogens with zero attached hydrogens (tertiary/aromatic N) is 2. The van der Waals surface area contributed by atoms with Gasteiger partial charge in [0.05, 0.1) is 19.8 Å². The summed E-state index contributed by atoms with van der Waals surface area (Å²) in [5, 5.41) is 4.32. The number of benzene rings is 2. The Hall–Kier alpha value is -3.12. The molecule has 1 aromatic heterocycles. The molecule has 6 nitrogen and oxygen atoms in total. The zero-order chi connectivity index (χ0) is 19.5. The number of aromatic nitrogens is 1. The highest BCUT2D eigenvalue weighted by molar-refractivity contribution is 5.89. The largest absolute Gasteiger partial charge is 0.497 e. The Kier molecular flexibility index (Phi) is 5.12. The van der Waals surface area contributed by atoms with E-state index >= 15 is 0 Å². The lowest BCUT2D eigenvalue weighted by atomic mass is 10.0. The maximum Gasteiger partial charge on any atom is 0.337 e. The van der Waals surface area contributed by atoms with Gasteiger partial charge in [-0.05, 0) is 29.8 Å². The average molecular weight is 378 g/mol. The van der Waals surface area contributed by atoms with Crippen molar-refractivity contribution in [3.63, 3.8) is 0 Å². The van der Waals surface area contributed by atoms with E-state index in [1.54, 1.807) is 19.2 Å². The predicted molar refractivity (Wildman–Crippen MR) is 104 cm³/mol. The Bertz CT molecular complexity index is 978. The number of carbonyl (C=O) groups excluding carboxylic acids is 1. The molecule has 28 heavy (non-hydrogen) atoms. The van der Waals surface area contributed by atoms with E-state index in [4.69, 9.17) is 14.0 Å². The molecule has 2 aromatic carbocycles. The topological polar surface area (TPSA) is 64.8 Å². The minimum atomic E-state index is -0.318. The molecule has 4 rings (SSSR count). The van der Waals surface area contributed by atoms with Crippen molar-refractivity contribution in [2.75, 3.05) is 20.8 Å². The van der Waals surface area contributed by atoms with Gasteiger partial charge >= 0.3 is 5.97 Å². The highest BCUT2D eigenvalue weighted by Crippen LogP contribution is 2.32. The van der Waals surface area contributed by atoms with Crippen LogP contribution in [-0.4, -0.2) is 36.8 Å². The summed E-state index contributed by atoms with van der Waals surface area (Å²) in [4.78, 5) is 13.9. The molecular weight excluding hydrogens is 356 g/mol. The number of ether oxygens (including phenoxy) is 2. The Balaban J connectivity index is 1.51. The third kappa shape index (κ3) is 3.64. The molecule has 0 fully saturated rings. The van der Waals surface area contributed by atoms with Gasteiger partial charge in [0.2, 0.25) is 0 Å². The molecular formula is C22H22N2O4. The maximum atomic E-state index is 11.6. The number of hydrogen-bond donors (Lipinski definition) is 0. The molecule has 3 aromatic rings. The molecule has 0 unspecified atom stereocenters. The van der Waals surface area contributed by atoms with Crippen molar-refractivity contribution in [2.45, 2.75) is 19.5 Å². The molecule has 2 heterocycles. The minimum absolute atomic E-state index is 0.318. The number of rotatable bonds is 5. The Morgan fingerprint density at radius 1 is 1.18 bits per heavy atom. The van der Waals surface area contributed by atoms with Crippen LogP contribution in [0, 0.1) is 0 Å². The van der Waals surface area contributed by atoms with E-state index in [2.05, 4.69) is 10.1 Å². The molecule has 6 heteroatoms. The van der Waals surface area contributed by atoms with Crippen molar-refractivity contribution < 1.29 is 18.8 Å². The zero-order valence-electron chi connectivity index (χ0n) is 16.0. The van der Waals surface area contributed by atoms with E-state index in [1.807, 2.05) is 36.4 Å². The van der Waals surface area contributed by atoms with Crippen LogP contribution in [-0.2, 0) is 24.2 Å². The Morgan fingerprint density at radius 3 is 2.75 bits per heavy atom. The summed E-state index contributed by atoms with van der Waals surface area (Å²) in [6.07, 6.45) is 0.826. The fourth-order valence-electron chi connectivity index (χ4n) is 3.52. The lowest BCUT2D eigenvalue weighted by Gasteiger charge is -2.26. The normalized spacial score (nSPS) is 13.8. The van der Waals surface area contributed by atoms with Crippen LogP contribution in [0.4, 0.5) is 0 Å². The first-order valence-corrected chi connectivity index (χ1v) is 9.19. The molecule has 0 N–H and O–H groups in total. The van der Waals surface area contributed by atoms with E-state index in [-0.39, 0.29) is 5.97 Å². The highest BCUT2D eigenvalue weighted by atomic mass is 16.5. The van der Waals surface area contributed by atoms with Crippen LogP contribution in [0.5, 0.6) is 5.75 Å². The fraction of sp³-hybridized carbons (Fsp3) is 0.273. The van der Waals surface area contributed by atoms with Crippen molar-refractivity contribution >= 4 is 5.97 Å². The van der Waals surface area contributed by atoms with E-state index in [1.165, 1.54) is 7.11 Å². The first-order valence-electron chi connectivity index (χ1n) is 9.19. The van der Waals surface area contributed by atoms with Crippen molar-refractivity contribution in [3.8, 4) is 17.0 Å². The van der Waals surface area contributed by atoms with E-state index in [0.29, 0.717) is 5.56 Å². The van der Waals surface area contributed by atoms with Crippen molar-refractivity contribution in [2.24, 2.45) is 0 Å². The van der Waals surface area contributed by atoms with Gasteiger partial charge < -0.3 is 14.0 Å². The summed E-state index contributed by atoms with van der Waals surface area (Å²) in [5.74, 6) is 1.43. The number of hydrogen-bond acceptors (Lipinski definition) is 6. The zero-order valence-corrected chi connectivity index (χ0v) is 16.0. The van der Waals surface area contributed by atoms with Gasteiger partial charge in [0.25, 0.3) is 0 Å². The molecule has 0 saturated carbocycles. The molecule has 144 valence electrons. The van der Waals surface area contributed by atoms with Crippen LogP contribution in [0.3, 0.4) is 0 Å². The van der Waals surface area contributed by atoms with Crippen LogP contribution in [0.15, 0.2) is 53.1 Å². The summed E-state index contributed by atoms with van der Waals surface area (Å²) >= 11 is 0. The number of carbonyl (C=O) groups is 1. The second-order valence-corrected chi connectivity index (χ2v) is 6.81. The van der Waals surface area contributed by atoms with Gasteiger partial charge in [-0.2, -0.15) is 0 Å². The van der Waals surface area contributed by atoms with E-state index in [0.717, 1.165) is 59.9 Å². The molecule has 0 radical (unpaired) electrons. The molecule has 1 aliphatic heterocycles. The quantitative estimate of drug-likeness (QED) is 0.631. The number of esters is 1. The summed E-state index contributed by atoms with van der Waals surface area (Å²) in [7, 11) is 3.05. The summed E-state index contributed by atoms with van der Waals surface area (Å²) < 4.78 is 15.7. The second kappa shape index (κ2) is 7.86. The third-order valence-corrected chi connectivity index (χ3v) is 5.03. The van der Waals surface area contributed by atoms with Gasteiger partial charge in [0.15, 0.2) is 0 Å². The summed E-state index contributed by atoms with van der Waals surface area (Å²) in [6, 6.07) is 15.4. The minimum Gasteiger partial charge on any atom is -0.497 e. The first-order chi connectivity index (χ1) is 13.7.